The van der Waals surface area contributed by atoms with Crippen LogP contribution in [0.15, 0.2) is 0 Å². The molecule has 0 spiro atoms. The Morgan fingerprint density at radius 1 is 1.46 bits per heavy atom. The number of carbonyl (C=O) groups excluding carboxylic acids is 1. The molecule has 2 N–H and O–H groups in total. The van der Waals surface area contributed by atoms with Gasteiger partial charge in [-0.05, 0) is 37.5 Å². The highest BCUT2D eigenvalue weighted by Gasteiger charge is 2.47. The van der Waals surface area contributed by atoms with Crippen molar-refractivity contribution in [2.24, 2.45) is 17.6 Å². The topological polar surface area (TPSA) is 52.3 Å². The summed E-state index contributed by atoms with van der Waals surface area (Å²) in [6.45, 7) is 0. The van der Waals surface area contributed by atoms with Gasteiger partial charge in [0.25, 0.3) is 0 Å². The highest BCUT2D eigenvalue weighted by molar-refractivity contribution is 5.70. The molecule has 2 aliphatic carbocycles. The van der Waals surface area contributed by atoms with Crippen molar-refractivity contribution in [3.8, 4) is 0 Å². The average molecular weight is 183 g/mol. The maximum Gasteiger partial charge on any atom is 0.307 e. The maximum atomic E-state index is 11.1. The van der Waals surface area contributed by atoms with Crippen LogP contribution in [-0.2, 0) is 9.53 Å². The minimum atomic E-state index is -0.251. The molecule has 74 valence electrons. The Morgan fingerprint density at radius 3 is 2.38 bits per heavy atom. The van der Waals surface area contributed by atoms with Crippen molar-refractivity contribution in [1.82, 2.24) is 0 Å². The molecule has 2 rings (SSSR count). The van der Waals surface area contributed by atoms with Gasteiger partial charge in [-0.3, -0.25) is 4.79 Å². The number of esters is 1. The largest absolute Gasteiger partial charge is 0.469 e. The molecule has 3 nitrogen and oxygen atoms in total. The van der Waals surface area contributed by atoms with Gasteiger partial charge < -0.3 is 10.5 Å². The first-order valence-electron chi connectivity index (χ1n) is 4.99. The molecule has 3 heteroatoms. The average Bonchev–Trinajstić information content (AvgIpc) is 2.28. The first-order valence-corrected chi connectivity index (χ1v) is 4.99. The monoisotopic (exact) mass is 183 g/mol. The van der Waals surface area contributed by atoms with Crippen molar-refractivity contribution in [1.29, 1.82) is 0 Å². The Hall–Kier alpha value is -0.570. The van der Waals surface area contributed by atoms with E-state index in [0.29, 0.717) is 6.42 Å². The summed E-state index contributed by atoms with van der Waals surface area (Å²) >= 11 is 0. The zero-order chi connectivity index (χ0) is 9.47. The lowest BCUT2D eigenvalue weighted by molar-refractivity contribution is -0.142. The third-order valence-electron chi connectivity index (χ3n) is 3.64. The minimum absolute atomic E-state index is 0.163. The Balaban J connectivity index is 1.93. The fourth-order valence-electron chi connectivity index (χ4n) is 2.81. The van der Waals surface area contributed by atoms with E-state index in [-0.39, 0.29) is 11.5 Å². The van der Waals surface area contributed by atoms with Crippen molar-refractivity contribution in [3.63, 3.8) is 0 Å². The first kappa shape index (κ1) is 9.00. The van der Waals surface area contributed by atoms with E-state index >= 15 is 0 Å². The molecule has 2 fully saturated rings. The number of hydrogen-bond acceptors (Lipinski definition) is 3. The van der Waals surface area contributed by atoms with Crippen molar-refractivity contribution < 1.29 is 9.53 Å². The third-order valence-corrected chi connectivity index (χ3v) is 3.64. The standard InChI is InChI=1S/C10H17NO2/c1-13-9(12)6-10(11)4-7-2-3-8(7)5-10/h7-8H,2-6,11H2,1H3/t7-,8+,10?. The maximum absolute atomic E-state index is 11.1. The number of nitrogens with two attached hydrogens (primary N) is 1. The molecular weight excluding hydrogens is 166 g/mol. The summed E-state index contributed by atoms with van der Waals surface area (Å²) in [4.78, 5) is 11.1. The lowest BCUT2D eigenvalue weighted by Gasteiger charge is -2.29. The van der Waals surface area contributed by atoms with Crippen LogP contribution in [0.25, 0.3) is 0 Å². The van der Waals surface area contributed by atoms with Crippen LogP contribution >= 0.6 is 0 Å². The normalized spacial score (nSPS) is 42.3. The van der Waals surface area contributed by atoms with Gasteiger partial charge in [0.1, 0.15) is 0 Å². The molecule has 3 atom stereocenters. The lowest BCUT2D eigenvalue weighted by Crippen LogP contribution is -2.39. The molecule has 0 aromatic carbocycles. The third kappa shape index (κ3) is 1.57. The summed E-state index contributed by atoms with van der Waals surface area (Å²) < 4.78 is 4.65. The SMILES string of the molecule is COC(=O)CC1(N)C[C@H]2CC[C@H]2C1. The molecule has 0 aromatic rings. The predicted molar refractivity (Wildman–Crippen MR) is 49.0 cm³/mol. The lowest BCUT2D eigenvalue weighted by atomic mass is 9.77. The van der Waals surface area contributed by atoms with Crippen molar-refractivity contribution in [3.05, 3.63) is 0 Å². The number of carbonyl (C=O) groups is 1. The van der Waals surface area contributed by atoms with Crippen molar-refractivity contribution in [2.75, 3.05) is 7.11 Å². The molecule has 2 aliphatic rings. The van der Waals surface area contributed by atoms with Crippen molar-refractivity contribution in [2.45, 2.75) is 37.6 Å². The number of methoxy groups -OCH3 is 1. The zero-order valence-electron chi connectivity index (χ0n) is 8.08. The summed E-state index contributed by atoms with van der Waals surface area (Å²) in [6.07, 6.45) is 5.06. The molecule has 1 unspecified atom stereocenters. The predicted octanol–water partition coefficient (Wildman–Crippen LogP) is 1.07. The molecule has 2 saturated carbocycles. The number of hydrogen-bond donors (Lipinski definition) is 1. The van der Waals surface area contributed by atoms with Gasteiger partial charge in [0.05, 0.1) is 13.5 Å². The Labute approximate surface area is 78.6 Å². The fourth-order valence-corrected chi connectivity index (χ4v) is 2.81. The van der Waals surface area contributed by atoms with Gasteiger partial charge in [-0.1, -0.05) is 0 Å². The summed E-state index contributed by atoms with van der Waals surface area (Å²) in [6, 6.07) is 0. The second-order valence-electron chi connectivity index (χ2n) is 4.62. The molecule has 0 heterocycles. The van der Waals surface area contributed by atoms with Gasteiger partial charge in [-0.25, -0.2) is 0 Å². The number of rotatable bonds is 2. The smallest absolute Gasteiger partial charge is 0.307 e. The second-order valence-corrected chi connectivity index (χ2v) is 4.62. The zero-order valence-corrected chi connectivity index (χ0v) is 8.08. The first-order chi connectivity index (χ1) is 6.13. The van der Waals surface area contributed by atoms with E-state index in [0.717, 1.165) is 24.7 Å². The molecule has 0 aliphatic heterocycles. The van der Waals surface area contributed by atoms with Crippen molar-refractivity contribution >= 4 is 5.97 Å². The van der Waals surface area contributed by atoms with Crippen LogP contribution in [0.5, 0.6) is 0 Å². The molecule has 0 aromatic heterocycles. The summed E-state index contributed by atoms with van der Waals surface area (Å²) in [5.41, 5.74) is 5.90. The van der Waals surface area contributed by atoms with E-state index < -0.39 is 0 Å². The van der Waals surface area contributed by atoms with Crippen LogP contribution in [0, 0.1) is 11.8 Å². The van der Waals surface area contributed by atoms with Gasteiger partial charge in [-0.2, -0.15) is 0 Å². The van der Waals surface area contributed by atoms with Gasteiger partial charge in [0.2, 0.25) is 0 Å². The van der Waals surface area contributed by atoms with E-state index in [1.165, 1.54) is 20.0 Å². The Kier molecular flexibility index (Phi) is 2.06. The van der Waals surface area contributed by atoms with E-state index in [2.05, 4.69) is 4.74 Å². The van der Waals surface area contributed by atoms with E-state index in [1.54, 1.807) is 0 Å². The summed E-state index contributed by atoms with van der Waals surface area (Å²) in [5.74, 6) is 1.44. The van der Waals surface area contributed by atoms with Crippen LogP contribution in [-0.4, -0.2) is 18.6 Å². The molecule has 13 heavy (non-hydrogen) atoms. The van der Waals surface area contributed by atoms with Gasteiger partial charge in [0, 0.05) is 5.54 Å². The van der Waals surface area contributed by atoms with Crippen LogP contribution in [0.4, 0.5) is 0 Å². The Bertz CT molecular complexity index is 215. The van der Waals surface area contributed by atoms with E-state index in [1.807, 2.05) is 0 Å². The molecule has 0 radical (unpaired) electrons. The minimum Gasteiger partial charge on any atom is -0.469 e. The quantitative estimate of drug-likeness (QED) is 0.651. The summed E-state index contributed by atoms with van der Waals surface area (Å²) in [7, 11) is 1.43. The Morgan fingerprint density at radius 2 is 2.00 bits per heavy atom. The van der Waals surface area contributed by atoms with Gasteiger partial charge in [0.15, 0.2) is 0 Å². The molecule has 0 saturated heterocycles. The molecular formula is C10H17NO2. The highest BCUT2D eigenvalue weighted by atomic mass is 16.5. The highest BCUT2D eigenvalue weighted by Crippen LogP contribution is 2.51. The van der Waals surface area contributed by atoms with Gasteiger partial charge >= 0.3 is 5.97 Å². The van der Waals surface area contributed by atoms with Crippen LogP contribution in [0.3, 0.4) is 0 Å². The molecule has 0 bridgehead atoms. The fraction of sp³-hybridized carbons (Fsp3) is 0.900. The van der Waals surface area contributed by atoms with E-state index in [4.69, 9.17) is 5.73 Å². The van der Waals surface area contributed by atoms with Gasteiger partial charge in [-0.15, -0.1) is 0 Å². The molecule has 0 amide bonds. The second kappa shape index (κ2) is 2.98. The van der Waals surface area contributed by atoms with E-state index in [9.17, 15) is 4.79 Å². The van der Waals surface area contributed by atoms with Crippen LogP contribution in [0.2, 0.25) is 0 Å². The number of fused-ring (bicyclic) bond motifs is 1. The van der Waals surface area contributed by atoms with Crippen LogP contribution in [0.1, 0.15) is 32.1 Å². The summed E-state index contributed by atoms with van der Waals surface area (Å²) in [5, 5.41) is 0. The number of ether oxygens (including phenoxy) is 1. The van der Waals surface area contributed by atoms with Crippen LogP contribution < -0.4 is 5.73 Å².